The molecule has 2 unspecified atom stereocenters. The summed E-state index contributed by atoms with van der Waals surface area (Å²) in [5, 5.41) is 0.695. The first-order valence-electron chi connectivity index (χ1n) is 4.40. The van der Waals surface area contributed by atoms with Gasteiger partial charge in [0.25, 0.3) is 0 Å². The average molecular weight is 263 g/mol. The van der Waals surface area contributed by atoms with Gasteiger partial charge in [-0.2, -0.15) is 0 Å². The second-order valence-electron chi connectivity index (χ2n) is 3.09. The molecule has 1 nitrogen and oxygen atoms in total. The smallest absolute Gasteiger partial charge is 0.0589 e. The molecule has 0 saturated heterocycles. The summed E-state index contributed by atoms with van der Waals surface area (Å²) in [7, 11) is 0. The molecular formula is C10H13BrClN. The van der Waals surface area contributed by atoms with Crippen LogP contribution in [0.4, 0.5) is 0 Å². The predicted molar refractivity (Wildman–Crippen MR) is 60.7 cm³/mol. The SMILES string of the molecule is CCC(c1ccc(Cl)cn1)C(C)Br. The van der Waals surface area contributed by atoms with Gasteiger partial charge in [0, 0.05) is 22.6 Å². The van der Waals surface area contributed by atoms with E-state index in [9.17, 15) is 0 Å². The van der Waals surface area contributed by atoms with Crippen LogP contribution in [0.1, 0.15) is 31.9 Å². The monoisotopic (exact) mass is 261 g/mol. The van der Waals surface area contributed by atoms with Crippen molar-refractivity contribution in [3.8, 4) is 0 Å². The quantitative estimate of drug-likeness (QED) is 0.750. The van der Waals surface area contributed by atoms with Gasteiger partial charge in [-0.05, 0) is 18.6 Å². The summed E-state index contributed by atoms with van der Waals surface area (Å²) in [6.45, 7) is 4.31. The minimum atomic E-state index is 0.450. The lowest BCUT2D eigenvalue weighted by Crippen LogP contribution is -2.09. The van der Waals surface area contributed by atoms with Crippen LogP contribution in [0.15, 0.2) is 18.3 Å². The number of hydrogen-bond acceptors (Lipinski definition) is 1. The summed E-state index contributed by atoms with van der Waals surface area (Å²) >= 11 is 9.35. The van der Waals surface area contributed by atoms with Crippen molar-refractivity contribution in [2.75, 3.05) is 0 Å². The highest BCUT2D eigenvalue weighted by atomic mass is 79.9. The molecular weight excluding hydrogens is 249 g/mol. The van der Waals surface area contributed by atoms with Gasteiger partial charge in [0.1, 0.15) is 0 Å². The van der Waals surface area contributed by atoms with Gasteiger partial charge in [-0.15, -0.1) is 0 Å². The zero-order valence-corrected chi connectivity index (χ0v) is 10.1. The van der Waals surface area contributed by atoms with E-state index in [1.807, 2.05) is 12.1 Å². The molecule has 13 heavy (non-hydrogen) atoms. The Morgan fingerprint density at radius 2 is 2.23 bits per heavy atom. The van der Waals surface area contributed by atoms with Crippen LogP contribution in [0.3, 0.4) is 0 Å². The van der Waals surface area contributed by atoms with Crippen LogP contribution in [0.5, 0.6) is 0 Å². The number of alkyl halides is 1. The summed E-state index contributed by atoms with van der Waals surface area (Å²) in [6, 6.07) is 3.89. The third kappa shape index (κ3) is 2.96. The van der Waals surface area contributed by atoms with Crippen LogP contribution in [-0.4, -0.2) is 9.81 Å². The van der Waals surface area contributed by atoms with Gasteiger partial charge in [-0.3, -0.25) is 4.98 Å². The van der Waals surface area contributed by atoms with Gasteiger partial charge in [0.15, 0.2) is 0 Å². The van der Waals surface area contributed by atoms with E-state index in [2.05, 4.69) is 34.8 Å². The van der Waals surface area contributed by atoms with Crippen molar-refractivity contribution >= 4 is 27.5 Å². The summed E-state index contributed by atoms with van der Waals surface area (Å²) in [5.41, 5.74) is 1.11. The van der Waals surface area contributed by atoms with Crippen LogP contribution < -0.4 is 0 Å². The van der Waals surface area contributed by atoms with E-state index in [0.717, 1.165) is 12.1 Å². The number of nitrogens with zero attached hydrogens (tertiary/aromatic N) is 1. The lowest BCUT2D eigenvalue weighted by molar-refractivity contribution is 0.643. The second kappa shape index (κ2) is 4.97. The zero-order chi connectivity index (χ0) is 9.84. The Labute approximate surface area is 92.6 Å². The van der Waals surface area contributed by atoms with Crippen molar-refractivity contribution in [2.24, 2.45) is 0 Å². The Kier molecular flexibility index (Phi) is 4.20. The number of aromatic nitrogens is 1. The minimum Gasteiger partial charge on any atom is -0.259 e. The highest BCUT2D eigenvalue weighted by molar-refractivity contribution is 9.09. The first-order chi connectivity index (χ1) is 6.15. The lowest BCUT2D eigenvalue weighted by atomic mass is 9.99. The number of halogens is 2. The molecule has 72 valence electrons. The van der Waals surface area contributed by atoms with Crippen molar-refractivity contribution in [3.63, 3.8) is 0 Å². The van der Waals surface area contributed by atoms with Gasteiger partial charge in [-0.25, -0.2) is 0 Å². The van der Waals surface area contributed by atoms with E-state index in [4.69, 9.17) is 11.6 Å². The first-order valence-corrected chi connectivity index (χ1v) is 5.70. The Morgan fingerprint density at radius 1 is 1.54 bits per heavy atom. The minimum absolute atomic E-state index is 0.450. The molecule has 0 aliphatic rings. The largest absolute Gasteiger partial charge is 0.259 e. The summed E-state index contributed by atoms with van der Waals surface area (Å²) in [6.07, 6.45) is 2.79. The maximum absolute atomic E-state index is 5.76. The molecule has 1 rings (SSSR count). The van der Waals surface area contributed by atoms with Gasteiger partial charge in [0.05, 0.1) is 5.02 Å². The van der Waals surface area contributed by atoms with Crippen LogP contribution in [0.2, 0.25) is 5.02 Å². The molecule has 0 radical (unpaired) electrons. The Bertz CT molecular complexity index is 258. The average Bonchev–Trinajstić information content (AvgIpc) is 2.09. The highest BCUT2D eigenvalue weighted by Gasteiger charge is 2.15. The molecule has 0 aliphatic carbocycles. The van der Waals surface area contributed by atoms with Crippen molar-refractivity contribution in [3.05, 3.63) is 29.0 Å². The molecule has 0 saturated carbocycles. The van der Waals surface area contributed by atoms with E-state index in [0.29, 0.717) is 15.8 Å². The second-order valence-corrected chi connectivity index (χ2v) is 4.97. The van der Waals surface area contributed by atoms with Crippen molar-refractivity contribution in [1.29, 1.82) is 0 Å². The van der Waals surface area contributed by atoms with Crippen LogP contribution in [0.25, 0.3) is 0 Å². The Hall–Kier alpha value is -0.0800. The number of pyridine rings is 1. The third-order valence-electron chi connectivity index (χ3n) is 2.12. The summed E-state index contributed by atoms with van der Waals surface area (Å²) in [5.74, 6) is 0.470. The van der Waals surface area contributed by atoms with Gasteiger partial charge >= 0.3 is 0 Å². The standard InChI is InChI=1S/C10H13BrClN/c1-3-9(7(2)11)10-5-4-8(12)6-13-10/h4-7,9H,3H2,1-2H3. The number of hydrogen-bond donors (Lipinski definition) is 0. The third-order valence-corrected chi connectivity index (χ3v) is 2.99. The van der Waals surface area contributed by atoms with E-state index >= 15 is 0 Å². The van der Waals surface area contributed by atoms with Crippen LogP contribution in [-0.2, 0) is 0 Å². The summed E-state index contributed by atoms with van der Waals surface area (Å²) in [4.78, 5) is 4.76. The molecule has 1 aromatic rings. The Morgan fingerprint density at radius 3 is 2.62 bits per heavy atom. The van der Waals surface area contributed by atoms with Crippen molar-refractivity contribution in [2.45, 2.75) is 31.0 Å². The highest BCUT2D eigenvalue weighted by Crippen LogP contribution is 2.26. The summed E-state index contributed by atoms with van der Waals surface area (Å²) < 4.78 is 0. The van der Waals surface area contributed by atoms with E-state index in [1.165, 1.54) is 0 Å². The van der Waals surface area contributed by atoms with Crippen LogP contribution >= 0.6 is 27.5 Å². The Balaban J connectivity index is 2.86. The molecule has 1 heterocycles. The van der Waals surface area contributed by atoms with E-state index in [-0.39, 0.29) is 0 Å². The predicted octanol–water partition coefficient (Wildman–Crippen LogP) is 4.01. The molecule has 2 atom stereocenters. The fraction of sp³-hybridized carbons (Fsp3) is 0.500. The maximum atomic E-state index is 5.76. The van der Waals surface area contributed by atoms with E-state index < -0.39 is 0 Å². The molecule has 3 heteroatoms. The van der Waals surface area contributed by atoms with Crippen molar-refractivity contribution < 1.29 is 0 Å². The molecule has 0 bridgehead atoms. The fourth-order valence-electron chi connectivity index (χ4n) is 1.38. The molecule has 0 aliphatic heterocycles. The van der Waals surface area contributed by atoms with Gasteiger partial charge < -0.3 is 0 Å². The number of rotatable bonds is 3. The molecule has 0 N–H and O–H groups in total. The first kappa shape index (κ1) is 11.0. The molecule has 0 spiro atoms. The topological polar surface area (TPSA) is 12.9 Å². The fourth-order valence-corrected chi connectivity index (χ4v) is 2.13. The van der Waals surface area contributed by atoms with E-state index in [1.54, 1.807) is 6.20 Å². The molecule has 0 fully saturated rings. The van der Waals surface area contributed by atoms with Crippen LogP contribution in [0, 0.1) is 0 Å². The zero-order valence-electron chi connectivity index (χ0n) is 7.80. The molecule has 1 aromatic heterocycles. The lowest BCUT2D eigenvalue weighted by Gasteiger charge is -2.16. The van der Waals surface area contributed by atoms with Gasteiger partial charge in [-0.1, -0.05) is 41.4 Å². The molecule has 0 amide bonds. The van der Waals surface area contributed by atoms with Crippen molar-refractivity contribution in [1.82, 2.24) is 4.98 Å². The van der Waals surface area contributed by atoms with Gasteiger partial charge in [0.2, 0.25) is 0 Å². The normalized spacial score (nSPS) is 15.4. The molecule has 0 aromatic carbocycles. The maximum Gasteiger partial charge on any atom is 0.0589 e.